The molecule has 0 N–H and O–H groups in total. The van der Waals surface area contributed by atoms with Gasteiger partial charge in [-0.05, 0) is 59.7 Å². The van der Waals surface area contributed by atoms with Gasteiger partial charge >= 0.3 is 58.5 Å². The van der Waals surface area contributed by atoms with Crippen LogP contribution in [0.25, 0.3) is 0 Å². The summed E-state index contributed by atoms with van der Waals surface area (Å²) < 4.78 is 5.94. The molecule has 0 aliphatic rings. The number of aryl methyl sites for hydroxylation is 6. The van der Waals surface area contributed by atoms with E-state index >= 15 is 0 Å². The summed E-state index contributed by atoms with van der Waals surface area (Å²) in [5, 5.41) is 14.0. The second kappa shape index (κ2) is 7.06. The molecule has 23 heavy (non-hydrogen) atoms. The fourth-order valence-corrected chi connectivity index (χ4v) is 2.95. The van der Waals surface area contributed by atoms with E-state index in [4.69, 9.17) is 0 Å². The van der Waals surface area contributed by atoms with Gasteiger partial charge in [-0.3, -0.25) is 13.8 Å². The van der Waals surface area contributed by atoms with Crippen LogP contribution in [0.15, 0.2) is 18.2 Å². The Morgan fingerprint density at radius 3 is 1.04 bits per heavy atom. The molecular formula is C15H21BKN6+. The SMILES string of the molecule is Cc1cc(C)n(B(n2nc(C)cc2C)n2nc(C)cc2C)n1.[K+]. The molecule has 0 amide bonds. The van der Waals surface area contributed by atoms with Crippen LogP contribution in [0.2, 0.25) is 0 Å². The quantitative estimate of drug-likeness (QED) is 0.581. The maximum absolute atomic E-state index is 4.66. The van der Waals surface area contributed by atoms with Crippen molar-refractivity contribution in [2.45, 2.75) is 41.5 Å². The molecule has 0 atom stereocenters. The summed E-state index contributed by atoms with van der Waals surface area (Å²) in [4.78, 5) is 0. The molecule has 0 aliphatic heterocycles. The van der Waals surface area contributed by atoms with Crippen LogP contribution in [0.1, 0.15) is 34.2 Å². The van der Waals surface area contributed by atoms with E-state index in [1.54, 1.807) is 0 Å². The molecule has 114 valence electrons. The van der Waals surface area contributed by atoms with Crippen LogP contribution in [-0.4, -0.2) is 36.2 Å². The van der Waals surface area contributed by atoms with E-state index in [-0.39, 0.29) is 58.5 Å². The third-order valence-electron chi connectivity index (χ3n) is 3.79. The number of aromatic nitrogens is 6. The molecule has 0 unspecified atom stereocenters. The molecule has 3 rings (SSSR count). The average Bonchev–Trinajstić information content (AvgIpc) is 3.02. The normalized spacial score (nSPS) is 10.7. The average molecular weight is 335 g/mol. The zero-order valence-corrected chi connectivity index (χ0v) is 18.1. The third-order valence-corrected chi connectivity index (χ3v) is 3.79. The molecule has 3 aromatic rings. The first-order chi connectivity index (χ1) is 10.4. The van der Waals surface area contributed by atoms with Gasteiger partial charge in [-0.2, -0.15) is 15.3 Å². The van der Waals surface area contributed by atoms with Crippen LogP contribution in [0, 0.1) is 41.5 Å². The fourth-order valence-electron chi connectivity index (χ4n) is 2.95. The molecule has 6 nitrogen and oxygen atoms in total. The van der Waals surface area contributed by atoms with Crippen molar-refractivity contribution in [1.82, 2.24) is 29.1 Å². The van der Waals surface area contributed by atoms with Crippen molar-refractivity contribution < 1.29 is 51.4 Å². The zero-order chi connectivity index (χ0) is 16.0. The van der Waals surface area contributed by atoms with E-state index in [9.17, 15) is 0 Å². The Morgan fingerprint density at radius 1 is 0.609 bits per heavy atom. The summed E-state index contributed by atoms with van der Waals surface area (Å²) in [5.41, 5.74) is 6.23. The maximum atomic E-state index is 4.66. The Hall–Kier alpha value is -0.669. The standard InChI is InChI=1S/C15H21BN6.K/c1-10-7-13(4)20(17-10)16(21-14(5)8-11(2)18-21)22-15(6)9-12(3)19-22;/h7-9H,1-6H3;/q;+1. The Labute approximate surface area is 179 Å². The van der Waals surface area contributed by atoms with Gasteiger partial charge in [-0.15, -0.1) is 0 Å². The molecule has 3 heterocycles. The number of hydrogen-bond donors (Lipinski definition) is 0. The minimum absolute atomic E-state index is 0. The first-order valence-electron chi connectivity index (χ1n) is 7.45. The largest absolute Gasteiger partial charge is 1.00 e. The van der Waals surface area contributed by atoms with Crippen molar-refractivity contribution in [3.8, 4) is 0 Å². The van der Waals surface area contributed by atoms with E-state index in [2.05, 4.69) is 54.3 Å². The summed E-state index contributed by atoms with van der Waals surface area (Å²) in [6, 6.07) is 6.22. The van der Waals surface area contributed by atoms with Gasteiger partial charge < -0.3 is 0 Å². The van der Waals surface area contributed by atoms with E-state index in [0.29, 0.717) is 0 Å². The van der Waals surface area contributed by atoms with E-state index < -0.39 is 0 Å². The van der Waals surface area contributed by atoms with Crippen molar-refractivity contribution in [2.75, 3.05) is 0 Å². The first-order valence-corrected chi connectivity index (χ1v) is 7.45. The first kappa shape index (κ1) is 18.7. The summed E-state index contributed by atoms with van der Waals surface area (Å²) >= 11 is 0. The molecule has 0 aromatic carbocycles. The molecule has 0 radical (unpaired) electrons. The minimum atomic E-state index is -0.226. The van der Waals surface area contributed by atoms with Crippen molar-refractivity contribution >= 4 is 7.12 Å². The Balaban J connectivity index is 0.00000192. The van der Waals surface area contributed by atoms with Gasteiger partial charge in [-0.1, -0.05) is 0 Å². The molecule has 0 spiro atoms. The summed E-state index contributed by atoms with van der Waals surface area (Å²) in [5.74, 6) is 0. The molecule has 8 heteroatoms. The van der Waals surface area contributed by atoms with Gasteiger partial charge in [0.2, 0.25) is 0 Å². The third kappa shape index (κ3) is 3.56. The van der Waals surface area contributed by atoms with Crippen LogP contribution in [0.3, 0.4) is 0 Å². The second-order valence-electron chi connectivity index (χ2n) is 5.96. The van der Waals surface area contributed by atoms with Gasteiger partial charge in [0.15, 0.2) is 0 Å². The van der Waals surface area contributed by atoms with Gasteiger partial charge in [0, 0.05) is 17.1 Å². The van der Waals surface area contributed by atoms with E-state index in [1.165, 1.54) is 0 Å². The van der Waals surface area contributed by atoms with Crippen LogP contribution >= 0.6 is 0 Å². The Morgan fingerprint density at radius 2 is 0.870 bits per heavy atom. The number of rotatable bonds is 3. The predicted octanol–water partition coefficient (Wildman–Crippen LogP) is -0.940. The van der Waals surface area contributed by atoms with Crippen LogP contribution < -0.4 is 51.4 Å². The summed E-state index contributed by atoms with van der Waals surface area (Å²) in [6.07, 6.45) is 0. The van der Waals surface area contributed by atoms with Crippen LogP contribution in [-0.2, 0) is 0 Å². The Kier molecular flexibility index (Phi) is 5.73. The molecular weight excluding hydrogens is 314 g/mol. The fraction of sp³-hybridized carbons (Fsp3) is 0.400. The molecule has 0 saturated carbocycles. The van der Waals surface area contributed by atoms with Crippen LogP contribution in [0.4, 0.5) is 0 Å². The smallest absolute Gasteiger partial charge is 0.266 e. The van der Waals surface area contributed by atoms with Gasteiger partial charge in [0.25, 0.3) is 0 Å². The topological polar surface area (TPSA) is 53.5 Å². The zero-order valence-electron chi connectivity index (χ0n) is 15.0. The monoisotopic (exact) mass is 335 g/mol. The van der Waals surface area contributed by atoms with Crippen LogP contribution in [0.5, 0.6) is 0 Å². The Bertz CT molecular complexity index is 721. The minimum Gasteiger partial charge on any atom is -0.266 e. The number of nitrogens with zero attached hydrogens (tertiary/aromatic N) is 6. The van der Waals surface area contributed by atoms with Crippen molar-refractivity contribution in [3.05, 3.63) is 52.4 Å². The van der Waals surface area contributed by atoms with Crippen molar-refractivity contribution in [2.24, 2.45) is 0 Å². The second-order valence-corrected chi connectivity index (χ2v) is 5.96. The van der Waals surface area contributed by atoms with Gasteiger partial charge in [0.1, 0.15) is 0 Å². The summed E-state index contributed by atoms with van der Waals surface area (Å²) in [6.45, 7) is 12.2. The molecule has 0 aliphatic carbocycles. The summed E-state index contributed by atoms with van der Waals surface area (Å²) in [7, 11) is -0.226. The van der Waals surface area contributed by atoms with Crippen molar-refractivity contribution in [1.29, 1.82) is 0 Å². The molecule has 0 saturated heterocycles. The van der Waals surface area contributed by atoms with Crippen molar-refractivity contribution in [3.63, 3.8) is 0 Å². The van der Waals surface area contributed by atoms with E-state index in [1.807, 2.05) is 34.5 Å². The molecule has 0 fully saturated rings. The predicted molar refractivity (Wildman–Crippen MR) is 87.1 cm³/mol. The molecule has 3 aromatic heterocycles. The maximum Gasteiger partial charge on any atom is 1.00 e. The van der Waals surface area contributed by atoms with E-state index in [0.717, 1.165) is 34.2 Å². The van der Waals surface area contributed by atoms with Gasteiger partial charge in [0.05, 0.1) is 17.1 Å². The molecule has 0 bridgehead atoms. The number of hydrogen-bond acceptors (Lipinski definition) is 3. The van der Waals surface area contributed by atoms with Gasteiger partial charge in [-0.25, -0.2) is 0 Å².